The molecule has 0 bridgehead atoms. The van der Waals surface area contributed by atoms with Gasteiger partial charge in [-0.15, -0.1) is 0 Å². The minimum absolute atomic E-state index is 0.184. The van der Waals surface area contributed by atoms with Crippen LogP contribution in [-0.4, -0.2) is 16.9 Å². The number of aromatic hydroxyl groups is 1. The molecule has 35 heavy (non-hydrogen) atoms. The van der Waals surface area contributed by atoms with Gasteiger partial charge in [0.2, 0.25) is 0 Å². The Morgan fingerprint density at radius 3 is 1.71 bits per heavy atom. The first-order valence-electron chi connectivity index (χ1n) is 13.7. The first-order valence-corrected chi connectivity index (χ1v) is 13.7. The van der Waals surface area contributed by atoms with Crippen LogP contribution in [0.25, 0.3) is 0 Å². The fourth-order valence-corrected chi connectivity index (χ4v) is 4.34. The maximum Gasteiger partial charge on any atom is 0.311 e. The van der Waals surface area contributed by atoms with E-state index in [0.717, 1.165) is 19.3 Å². The van der Waals surface area contributed by atoms with Crippen molar-refractivity contribution in [1.29, 1.82) is 0 Å². The van der Waals surface area contributed by atoms with E-state index in [-0.39, 0.29) is 28.8 Å². The van der Waals surface area contributed by atoms with Gasteiger partial charge in [0, 0.05) is 18.1 Å². The normalized spacial score (nSPS) is 10.9. The molecule has 0 atom stereocenters. The fourth-order valence-electron chi connectivity index (χ4n) is 4.34. The van der Waals surface area contributed by atoms with Gasteiger partial charge in [-0.05, 0) is 18.6 Å². The van der Waals surface area contributed by atoms with Gasteiger partial charge in [-0.2, -0.15) is 0 Å². The van der Waals surface area contributed by atoms with Gasteiger partial charge in [0.25, 0.3) is 0 Å². The van der Waals surface area contributed by atoms with Gasteiger partial charge in [0.1, 0.15) is 11.5 Å². The zero-order chi connectivity index (χ0) is 25.1. The average Bonchev–Trinajstić information content (AvgIpc) is 2.86. The molecular weight excluding hydrogens is 436 g/mol. The third kappa shape index (κ3) is 12.1. The number of ketones is 1. The van der Waals surface area contributed by atoms with Gasteiger partial charge in [-0.1, -0.05) is 127 Å². The molecule has 0 aliphatic carbocycles. The van der Waals surface area contributed by atoms with Gasteiger partial charge in [0.05, 0.1) is 5.56 Å². The van der Waals surface area contributed by atoms with Gasteiger partial charge in [0.15, 0.2) is 5.78 Å². The zero-order valence-electron chi connectivity index (χ0n) is 21.6. The van der Waals surface area contributed by atoms with Gasteiger partial charge in [-0.25, -0.2) is 0 Å². The van der Waals surface area contributed by atoms with E-state index in [1.165, 1.54) is 89.2 Å². The maximum absolute atomic E-state index is 12.5. The summed E-state index contributed by atoms with van der Waals surface area (Å²) in [6.45, 7) is 2.26. The number of carbonyl (C=O) groups is 2. The van der Waals surface area contributed by atoms with Crippen LogP contribution in [0, 0.1) is 0 Å². The Morgan fingerprint density at radius 2 is 1.20 bits per heavy atom. The number of esters is 1. The molecule has 0 fully saturated rings. The molecule has 192 valence electrons. The van der Waals surface area contributed by atoms with Gasteiger partial charge < -0.3 is 9.84 Å². The number of carbonyl (C=O) groups excluding carboxylic acids is 2. The van der Waals surface area contributed by atoms with Crippen molar-refractivity contribution in [3.63, 3.8) is 0 Å². The molecule has 2 aromatic carbocycles. The van der Waals surface area contributed by atoms with Crippen LogP contribution in [0.2, 0.25) is 0 Å². The number of phenolic OH excluding ortho intramolecular Hbond substituents is 1. The highest BCUT2D eigenvalue weighted by Crippen LogP contribution is 2.26. The molecule has 0 aromatic heterocycles. The molecule has 0 radical (unpaired) electrons. The smallest absolute Gasteiger partial charge is 0.311 e. The summed E-state index contributed by atoms with van der Waals surface area (Å²) in [5, 5.41) is 10.2. The van der Waals surface area contributed by atoms with Crippen LogP contribution in [0.5, 0.6) is 11.5 Å². The zero-order valence-corrected chi connectivity index (χ0v) is 21.6. The molecule has 2 rings (SSSR count). The Balaban J connectivity index is 1.50. The van der Waals surface area contributed by atoms with E-state index >= 15 is 0 Å². The lowest BCUT2D eigenvalue weighted by atomic mass is 10.0. The maximum atomic E-state index is 12.5. The number of phenols is 1. The third-order valence-corrected chi connectivity index (χ3v) is 6.47. The van der Waals surface area contributed by atoms with Gasteiger partial charge in [-0.3, -0.25) is 9.59 Å². The second kappa shape index (κ2) is 17.8. The molecule has 0 aliphatic heterocycles. The Morgan fingerprint density at radius 1 is 0.686 bits per heavy atom. The summed E-state index contributed by atoms with van der Waals surface area (Å²) in [6, 6.07) is 13.2. The summed E-state index contributed by atoms with van der Waals surface area (Å²) < 4.78 is 5.34. The molecule has 0 saturated carbocycles. The van der Waals surface area contributed by atoms with E-state index in [9.17, 15) is 14.7 Å². The number of hydrogen-bond acceptors (Lipinski definition) is 4. The standard InChI is InChI=1S/C31H44O4/c1-2-3-4-5-6-7-8-9-10-11-12-13-14-15-19-22-30(33)35-27-23-24-28(29(32)25-27)31(34)26-20-17-16-18-21-26/h16-18,20-21,23-25,32H,2-15,19,22H2,1H3. The predicted octanol–water partition coefficient (Wildman–Crippen LogP) is 8.79. The average molecular weight is 481 g/mol. The van der Waals surface area contributed by atoms with E-state index in [1.54, 1.807) is 30.3 Å². The van der Waals surface area contributed by atoms with Crippen LogP contribution in [0.4, 0.5) is 0 Å². The monoisotopic (exact) mass is 480 g/mol. The third-order valence-electron chi connectivity index (χ3n) is 6.47. The highest BCUT2D eigenvalue weighted by atomic mass is 16.5. The summed E-state index contributed by atoms with van der Waals surface area (Å²) in [4.78, 5) is 24.6. The van der Waals surface area contributed by atoms with Gasteiger partial charge >= 0.3 is 5.97 Å². The fraction of sp³-hybridized carbons (Fsp3) is 0.548. The molecule has 0 aliphatic rings. The Kier molecular flexibility index (Phi) is 14.5. The van der Waals surface area contributed by atoms with Crippen molar-refractivity contribution in [3.05, 3.63) is 59.7 Å². The van der Waals surface area contributed by atoms with E-state index < -0.39 is 0 Å². The van der Waals surface area contributed by atoms with Crippen LogP contribution in [-0.2, 0) is 4.79 Å². The van der Waals surface area contributed by atoms with Crippen LogP contribution in [0.3, 0.4) is 0 Å². The summed E-state index contributed by atoms with van der Waals surface area (Å²) in [7, 11) is 0. The lowest BCUT2D eigenvalue weighted by Gasteiger charge is -2.08. The Bertz CT molecular complexity index is 860. The highest BCUT2D eigenvalue weighted by molar-refractivity contribution is 6.10. The first-order chi connectivity index (χ1) is 17.1. The highest BCUT2D eigenvalue weighted by Gasteiger charge is 2.15. The molecule has 1 N–H and O–H groups in total. The van der Waals surface area contributed by atoms with Crippen molar-refractivity contribution in [2.45, 2.75) is 110 Å². The molecule has 0 spiro atoms. The van der Waals surface area contributed by atoms with Crippen molar-refractivity contribution in [1.82, 2.24) is 0 Å². The molecule has 0 unspecified atom stereocenters. The van der Waals surface area contributed by atoms with Crippen LogP contribution in [0.15, 0.2) is 48.5 Å². The SMILES string of the molecule is CCCCCCCCCCCCCCCCCC(=O)Oc1ccc(C(=O)c2ccccc2)c(O)c1. The summed E-state index contributed by atoms with van der Waals surface area (Å²) in [5.74, 6) is -0.491. The summed E-state index contributed by atoms with van der Waals surface area (Å²) in [6.07, 6.45) is 19.6. The molecule has 4 nitrogen and oxygen atoms in total. The van der Waals surface area contributed by atoms with E-state index in [4.69, 9.17) is 4.74 Å². The predicted molar refractivity (Wildman–Crippen MR) is 143 cm³/mol. The number of unbranched alkanes of at least 4 members (excludes halogenated alkanes) is 14. The lowest BCUT2D eigenvalue weighted by molar-refractivity contribution is -0.134. The largest absolute Gasteiger partial charge is 0.507 e. The second-order valence-electron chi connectivity index (χ2n) is 9.55. The Hall–Kier alpha value is -2.62. The van der Waals surface area contributed by atoms with Crippen molar-refractivity contribution < 1.29 is 19.4 Å². The first kappa shape index (κ1) is 28.6. The van der Waals surface area contributed by atoms with E-state index in [1.807, 2.05) is 6.07 Å². The number of ether oxygens (including phenoxy) is 1. The molecule has 0 saturated heterocycles. The minimum atomic E-state index is -0.304. The second-order valence-corrected chi connectivity index (χ2v) is 9.55. The molecular formula is C31H44O4. The van der Waals surface area contributed by atoms with E-state index in [0.29, 0.717) is 12.0 Å². The van der Waals surface area contributed by atoms with Crippen molar-refractivity contribution in [2.24, 2.45) is 0 Å². The van der Waals surface area contributed by atoms with Crippen molar-refractivity contribution >= 4 is 11.8 Å². The van der Waals surface area contributed by atoms with E-state index in [2.05, 4.69) is 6.92 Å². The molecule has 0 heterocycles. The molecule has 4 heteroatoms. The van der Waals surface area contributed by atoms with Crippen molar-refractivity contribution in [2.75, 3.05) is 0 Å². The molecule has 2 aromatic rings. The molecule has 0 amide bonds. The summed E-state index contributed by atoms with van der Waals surface area (Å²) in [5.41, 5.74) is 0.694. The lowest BCUT2D eigenvalue weighted by Crippen LogP contribution is -2.08. The van der Waals surface area contributed by atoms with Crippen LogP contribution >= 0.6 is 0 Å². The topological polar surface area (TPSA) is 63.6 Å². The Labute approximate surface area is 212 Å². The van der Waals surface area contributed by atoms with Crippen LogP contribution in [0.1, 0.15) is 126 Å². The quantitative estimate of drug-likeness (QED) is 0.0944. The summed E-state index contributed by atoms with van der Waals surface area (Å²) >= 11 is 0. The number of benzene rings is 2. The minimum Gasteiger partial charge on any atom is -0.507 e. The van der Waals surface area contributed by atoms with Crippen LogP contribution < -0.4 is 4.74 Å². The number of rotatable bonds is 19. The number of hydrogen-bond donors (Lipinski definition) is 1. The van der Waals surface area contributed by atoms with Crippen molar-refractivity contribution in [3.8, 4) is 11.5 Å².